The van der Waals surface area contributed by atoms with Gasteiger partial charge in [0.1, 0.15) is 5.82 Å². The quantitative estimate of drug-likeness (QED) is 0.602. The summed E-state index contributed by atoms with van der Waals surface area (Å²) in [5, 5.41) is 0. The van der Waals surface area contributed by atoms with Crippen LogP contribution in [0.1, 0.15) is 54.7 Å². The number of aryl methyl sites for hydroxylation is 1. The average Bonchev–Trinajstić information content (AvgIpc) is 2.26. The number of benzene rings is 1. The largest absolute Gasteiger partial charge is 0.358 e. The summed E-state index contributed by atoms with van der Waals surface area (Å²) in [7, 11) is 0. The van der Waals surface area contributed by atoms with E-state index in [2.05, 4.69) is 6.92 Å². The second-order valence-corrected chi connectivity index (χ2v) is 4.74. The van der Waals surface area contributed by atoms with Crippen LogP contribution in [0.2, 0.25) is 0 Å². The zero-order valence-electron chi connectivity index (χ0n) is 12.5. The van der Waals surface area contributed by atoms with Crippen LogP contribution in [0, 0.1) is 34.5 Å². The van der Waals surface area contributed by atoms with Gasteiger partial charge in [-0.15, -0.1) is 0 Å². The van der Waals surface area contributed by atoms with E-state index in [-0.39, 0.29) is 55.4 Å². The van der Waals surface area contributed by atoms with E-state index in [1.807, 2.05) is 13.0 Å². The van der Waals surface area contributed by atoms with Crippen LogP contribution in [0.4, 0.5) is 4.39 Å². The molecule has 0 saturated heterocycles. The summed E-state index contributed by atoms with van der Waals surface area (Å²) in [6.07, 6.45) is 6.44. The molecule has 0 bridgehead atoms. The van der Waals surface area contributed by atoms with E-state index in [0.29, 0.717) is 5.92 Å². The average molecular weight is 340 g/mol. The van der Waals surface area contributed by atoms with Gasteiger partial charge < -0.3 is 14.9 Å². The zero-order chi connectivity index (χ0) is 10.8. The molecule has 19 heavy (non-hydrogen) atoms. The standard InChI is InChI=1S/C14H19F.2CH3.2Cr/c1-10-8-9-13(15)11(2)14(10)12-6-4-3-5-7-12;;;;/h8-9,12H,3-7H2,1-2H3;2*1H3;;/q;2*-1;;. The minimum Gasteiger partial charge on any atom is -0.358 e. The van der Waals surface area contributed by atoms with Crippen LogP contribution >= 0.6 is 0 Å². The topological polar surface area (TPSA) is 0 Å². The van der Waals surface area contributed by atoms with Crippen molar-refractivity contribution in [2.24, 2.45) is 0 Å². The van der Waals surface area contributed by atoms with Crippen molar-refractivity contribution in [1.29, 1.82) is 0 Å². The first-order valence-corrected chi connectivity index (χ1v) is 5.95. The fourth-order valence-corrected chi connectivity index (χ4v) is 2.86. The third kappa shape index (κ3) is 5.61. The Morgan fingerprint density at radius 1 is 0.947 bits per heavy atom. The van der Waals surface area contributed by atoms with Crippen LogP contribution in [0.25, 0.3) is 0 Å². The fraction of sp³-hybridized carbons (Fsp3) is 0.500. The summed E-state index contributed by atoms with van der Waals surface area (Å²) in [6.45, 7) is 4.03. The summed E-state index contributed by atoms with van der Waals surface area (Å²) in [4.78, 5) is 0. The fourth-order valence-electron chi connectivity index (χ4n) is 2.86. The zero-order valence-corrected chi connectivity index (χ0v) is 15.0. The van der Waals surface area contributed by atoms with Gasteiger partial charge in [0.15, 0.2) is 0 Å². The predicted molar refractivity (Wildman–Crippen MR) is 74.5 cm³/mol. The molecule has 3 heteroatoms. The third-order valence-corrected chi connectivity index (χ3v) is 3.68. The molecule has 1 fully saturated rings. The van der Waals surface area contributed by atoms with E-state index < -0.39 is 0 Å². The van der Waals surface area contributed by atoms with Gasteiger partial charge >= 0.3 is 0 Å². The second kappa shape index (κ2) is 10.9. The van der Waals surface area contributed by atoms with Gasteiger partial charge in [0, 0.05) is 34.7 Å². The molecule has 0 amide bonds. The maximum Gasteiger partial charge on any atom is 0.126 e. The van der Waals surface area contributed by atoms with E-state index in [1.54, 1.807) is 6.07 Å². The Kier molecular flexibility index (Phi) is 14.0. The Morgan fingerprint density at radius 3 is 2.00 bits per heavy atom. The van der Waals surface area contributed by atoms with Crippen LogP contribution in [-0.2, 0) is 34.7 Å². The normalized spacial score (nSPS) is 14.3. The van der Waals surface area contributed by atoms with Gasteiger partial charge in [-0.3, -0.25) is 0 Å². The molecular formula is C16H25Cr2F-2. The smallest absolute Gasteiger partial charge is 0.126 e. The van der Waals surface area contributed by atoms with Crippen molar-refractivity contribution < 1.29 is 39.1 Å². The molecule has 0 spiro atoms. The molecule has 0 atom stereocenters. The molecule has 110 valence electrons. The Morgan fingerprint density at radius 2 is 1.47 bits per heavy atom. The van der Waals surface area contributed by atoms with Gasteiger partial charge in [-0.1, -0.05) is 25.3 Å². The Bertz CT molecular complexity index is 358. The molecule has 0 aromatic heterocycles. The van der Waals surface area contributed by atoms with Gasteiger partial charge in [0.2, 0.25) is 0 Å². The summed E-state index contributed by atoms with van der Waals surface area (Å²) in [5.41, 5.74) is 3.43. The summed E-state index contributed by atoms with van der Waals surface area (Å²) >= 11 is 0. The SMILES string of the molecule is Cc1ccc(F)c(C)c1C1CCCCC1.[CH3-].[CH3-].[Cr].[Cr]. The van der Waals surface area contributed by atoms with Gasteiger partial charge in [-0.2, -0.15) is 0 Å². The van der Waals surface area contributed by atoms with Crippen molar-refractivity contribution in [3.8, 4) is 0 Å². The maximum absolute atomic E-state index is 13.5. The van der Waals surface area contributed by atoms with E-state index in [1.165, 1.54) is 43.2 Å². The summed E-state index contributed by atoms with van der Waals surface area (Å²) in [6, 6.07) is 3.52. The molecule has 1 aromatic rings. The van der Waals surface area contributed by atoms with Crippen LogP contribution in [0.15, 0.2) is 12.1 Å². The van der Waals surface area contributed by atoms with Gasteiger partial charge in [0.05, 0.1) is 0 Å². The van der Waals surface area contributed by atoms with Crippen LogP contribution < -0.4 is 0 Å². The van der Waals surface area contributed by atoms with Crippen molar-refractivity contribution in [3.63, 3.8) is 0 Å². The Hall–Kier alpha value is 0.215. The second-order valence-electron chi connectivity index (χ2n) is 4.74. The molecular weight excluding hydrogens is 315 g/mol. The van der Waals surface area contributed by atoms with Crippen LogP contribution in [0.3, 0.4) is 0 Å². The third-order valence-electron chi connectivity index (χ3n) is 3.68. The van der Waals surface area contributed by atoms with Crippen LogP contribution in [-0.4, -0.2) is 0 Å². The predicted octanol–water partition coefficient (Wildman–Crippen LogP) is 5.39. The van der Waals surface area contributed by atoms with E-state index >= 15 is 0 Å². The number of hydrogen-bond acceptors (Lipinski definition) is 0. The Balaban J connectivity index is -0.000000640. The molecule has 0 aliphatic heterocycles. The van der Waals surface area contributed by atoms with E-state index in [4.69, 9.17) is 0 Å². The molecule has 0 N–H and O–H groups in total. The number of hydrogen-bond donors (Lipinski definition) is 0. The van der Waals surface area contributed by atoms with Crippen molar-refractivity contribution in [2.75, 3.05) is 0 Å². The first-order valence-electron chi connectivity index (χ1n) is 5.95. The monoisotopic (exact) mass is 340 g/mol. The van der Waals surface area contributed by atoms with Gasteiger partial charge in [0.25, 0.3) is 0 Å². The van der Waals surface area contributed by atoms with Gasteiger partial charge in [-0.05, 0) is 55.4 Å². The van der Waals surface area contributed by atoms with Crippen molar-refractivity contribution in [2.45, 2.75) is 51.9 Å². The summed E-state index contributed by atoms with van der Waals surface area (Å²) < 4.78 is 13.5. The van der Waals surface area contributed by atoms with Crippen molar-refractivity contribution in [3.05, 3.63) is 49.5 Å². The molecule has 1 saturated carbocycles. The molecule has 0 radical (unpaired) electrons. The van der Waals surface area contributed by atoms with Crippen molar-refractivity contribution >= 4 is 0 Å². The Labute approximate surface area is 140 Å². The first-order chi connectivity index (χ1) is 7.20. The first kappa shape index (κ1) is 24.2. The molecule has 1 aliphatic carbocycles. The molecule has 0 unspecified atom stereocenters. The minimum absolute atomic E-state index is 0. The molecule has 1 aliphatic rings. The molecule has 0 heterocycles. The molecule has 2 rings (SSSR count). The van der Waals surface area contributed by atoms with Gasteiger partial charge in [-0.25, -0.2) is 4.39 Å². The molecule has 0 nitrogen and oxygen atoms in total. The van der Waals surface area contributed by atoms with Crippen LogP contribution in [0.5, 0.6) is 0 Å². The minimum atomic E-state index is -0.0406. The van der Waals surface area contributed by atoms with E-state index in [0.717, 1.165) is 5.56 Å². The maximum atomic E-state index is 13.5. The summed E-state index contributed by atoms with van der Waals surface area (Å²) in [5.74, 6) is 0.565. The number of halogens is 1. The van der Waals surface area contributed by atoms with E-state index in [9.17, 15) is 4.39 Å². The van der Waals surface area contributed by atoms with Crippen molar-refractivity contribution in [1.82, 2.24) is 0 Å². The number of rotatable bonds is 1. The molecule has 1 aromatic carbocycles.